The van der Waals surface area contributed by atoms with Crippen molar-refractivity contribution in [2.45, 2.75) is 13.3 Å². The van der Waals surface area contributed by atoms with Gasteiger partial charge in [0.25, 0.3) is 0 Å². The van der Waals surface area contributed by atoms with Crippen LogP contribution < -0.4 is 4.74 Å². The van der Waals surface area contributed by atoms with E-state index in [1.807, 2.05) is 6.92 Å². The van der Waals surface area contributed by atoms with Crippen LogP contribution in [0.3, 0.4) is 0 Å². The summed E-state index contributed by atoms with van der Waals surface area (Å²) in [7, 11) is 1.74. The molecule has 0 aliphatic rings. The summed E-state index contributed by atoms with van der Waals surface area (Å²) in [6.45, 7) is 2.53. The Morgan fingerprint density at radius 3 is 2.82 bits per heavy atom. The van der Waals surface area contributed by atoms with Crippen LogP contribution >= 0.6 is 11.6 Å². The van der Waals surface area contributed by atoms with E-state index in [0.717, 1.165) is 6.42 Å². The van der Waals surface area contributed by atoms with E-state index in [2.05, 4.69) is 25.3 Å². The zero-order chi connectivity index (χ0) is 12.3. The SMILES string of the molecule is CCCOc1nc(Cl)nc(-c2cnnn2C)n1. The van der Waals surface area contributed by atoms with Gasteiger partial charge in [-0.15, -0.1) is 5.10 Å². The van der Waals surface area contributed by atoms with Gasteiger partial charge in [0, 0.05) is 7.05 Å². The maximum atomic E-state index is 5.81. The number of halogens is 1. The van der Waals surface area contributed by atoms with E-state index in [9.17, 15) is 0 Å². The number of ether oxygens (including phenoxy) is 1. The number of hydrogen-bond donors (Lipinski definition) is 0. The fourth-order valence-electron chi connectivity index (χ4n) is 1.20. The lowest BCUT2D eigenvalue weighted by Crippen LogP contribution is -2.04. The third-order valence-corrected chi connectivity index (χ3v) is 2.14. The normalized spacial score (nSPS) is 10.5. The van der Waals surface area contributed by atoms with Crippen LogP contribution in [0, 0.1) is 0 Å². The topological polar surface area (TPSA) is 78.6 Å². The molecule has 0 saturated heterocycles. The predicted molar refractivity (Wildman–Crippen MR) is 60.6 cm³/mol. The van der Waals surface area contributed by atoms with Gasteiger partial charge in [0.15, 0.2) is 5.82 Å². The third kappa shape index (κ3) is 2.68. The smallest absolute Gasteiger partial charge is 0.321 e. The molecule has 8 heteroatoms. The van der Waals surface area contributed by atoms with Crippen molar-refractivity contribution in [1.29, 1.82) is 0 Å². The summed E-state index contributed by atoms with van der Waals surface area (Å²) in [5.74, 6) is 0.392. The molecule has 90 valence electrons. The number of aromatic nitrogens is 6. The Morgan fingerprint density at radius 2 is 2.18 bits per heavy atom. The molecule has 7 nitrogen and oxygen atoms in total. The lowest BCUT2D eigenvalue weighted by molar-refractivity contribution is 0.291. The molecule has 2 rings (SSSR count). The van der Waals surface area contributed by atoms with Crippen LogP contribution in [0.1, 0.15) is 13.3 Å². The van der Waals surface area contributed by atoms with E-state index in [-0.39, 0.29) is 11.3 Å². The molecule has 2 aromatic rings. The molecule has 0 saturated carbocycles. The number of rotatable bonds is 4. The maximum Gasteiger partial charge on any atom is 0.321 e. The predicted octanol–water partition coefficient (Wildman–Crippen LogP) is 1.11. The first kappa shape index (κ1) is 11.7. The van der Waals surface area contributed by atoms with Crippen LogP contribution in [-0.2, 0) is 7.05 Å². The fraction of sp³-hybridized carbons (Fsp3) is 0.444. The Bertz CT molecular complexity index is 514. The molecule has 0 fully saturated rings. The van der Waals surface area contributed by atoms with E-state index in [1.54, 1.807) is 17.9 Å². The first-order valence-electron chi connectivity index (χ1n) is 5.10. The van der Waals surface area contributed by atoms with E-state index < -0.39 is 0 Å². The van der Waals surface area contributed by atoms with E-state index >= 15 is 0 Å². The van der Waals surface area contributed by atoms with Gasteiger partial charge >= 0.3 is 6.01 Å². The van der Waals surface area contributed by atoms with Crippen molar-refractivity contribution in [2.24, 2.45) is 7.05 Å². The summed E-state index contributed by atoms with van der Waals surface area (Å²) in [6.07, 6.45) is 2.42. The zero-order valence-electron chi connectivity index (χ0n) is 9.46. The highest BCUT2D eigenvalue weighted by atomic mass is 35.5. The average molecular weight is 255 g/mol. The molecule has 0 unspecified atom stereocenters. The molecule has 0 atom stereocenters. The Hall–Kier alpha value is -1.76. The molecule has 0 amide bonds. The molecule has 0 spiro atoms. The van der Waals surface area contributed by atoms with Crippen molar-refractivity contribution in [1.82, 2.24) is 29.9 Å². The molecule has 0 aliphatic heterocycles. The zero-order valence-corrected chi connectivity index (χ0v) is 10.2. The second-order valence-electron chi connectivity index (χ2n) is 3.30. The summed E-state index contributed by atoms with van der Waals surface area (Å²) in [5, 5.41) is 7.63. The molecule has 0 N–H and O–H groups in total. The number of nitrogens with zero attached hydrogens (tertiary/aromatic N) is 6. The molecule has 17 heavy (non-hydrogen) atoms. The van der Waals surface area contributed by atoms with Crippen molar-refractivity contribution >= 4 is 11.6 Å². The van der Waals surface area contributed by atoms with E-state index in [4.69, 9.17) is 16.3 Å². The third-order valence-electron chi connectivity index (χ3n) is 1.97. The highest BCUT2D eigenvalue weighted by molar-refractivity contribution is 6.28. The van der Waals surface area contributed by atoms with Crippen LogP contribution in [0.5, 0.6) is 6.01 Å². The van der Waals surface area contributed by atoms with Crippen molar-refractivity contribution in [3.63, 3.8) is 0 Å². The van der Waals surface area contributed by atoms with Crippen LogP contribution in [-0.4, -0.2) is 36.6 Å². The minimum absolute atomic E-state index is 0.0855. The quantitative estimate of drug-likeness (QED) is 0.813. The summed E-state index contributed by atoms with van der Waals surface area (Å²) < 4.78 is 6.87. The second kappa shape index (κ2) is 5.05. The van der Waals surface area contributed by atoms with E-state index in [0.29, 0.717) is 18.1 Å². The summed E-state index contributed by atoms with van der Waals surface area (Å²) in [6, 6.07) is 0.211. The van der Waals surface area contributed by atoms with Crippen LogP contribution in [0.4, 0.5) is 0 Å². The minimum Gasteiger partial charge on any atom is -0.463 e. The lowest BCUT2D eigenvalue weighted by Gasteiger charge is -2.04. The first-order valence-corrected chi connectivity index (χ1v) is 5.48. The number of aryl methyl sites for hydroxylation is 1. The Balaban J connectivity index is 2.35. The standard InChI is InChI=1S/C9H11ClN6O/c1-3-4-17-9-13-7(12-8(10)14-9)6-5-11-15-16(6)2/h5H,3-4H2,1-2H3. The Kier molecular flexibility index (Phi) is 3.48. The van der Waals surface area contributed by atoms with Gasteiger partial charge < -0.3 is 4.74 Å². The van der Waals surface area contributed by atoms with Gasteiger partial charge in [0.1, 0.15) is 5.69 Å². The maximum absolute atomic E-state index is 5.81. The first-order chi connectivity index (χ1) is 8.20. The van der Waals surface area contributed by atoms with Crippen molar-refractivity contribution < 1.29 is 4.74 Å². The summed E-state index contributed by atoms with van der Waals surface area (Å²) in [4.78, 5) is 12.0. The monoisotopic (exact) mass is 254 g/mol. The summed E-state index contributed by atoms with van der Waals surface area (Å²) in [5.41, 5.74) is 0.649. The van der Waals surface area contributed by atoms with Gasteiger partial charge in [-0.25, -0.2) is 4.68 Å². The van der Waals surface area contributed by atoms with Crippen molar-refractivity contribution in [3.05, 3.63) is 11.5 Å². The lowest BCUT2D eigenvalue weighted by atomic mass is 10.4. The molecule has 0 radical (unpaired) electrons. The van der Waals surface area contributed by atoms with Gasteiger partial charge in [-0.2, -0.15) is 15.0 Å². The largest absolute Gasteiger partial charge is 0.463 e. The molecular weight excluding hydrogens is 244 g/mol. The van der Waals surface area contributed by atoms with Crippen molar-refractivity contribution in [3.8, 4) is 17.5 Å². The van der Waals surface area contributed by atoms with Gasteiger partial charge in [0.2, 0.25) is 5.28 Å². The Labute approximate surface area is 103 Å². The highest BCUT2D eigenvalue weighted by Crippen LogP contribution is 2.17. The van der Waals surface area contributed by atoms with Gasteiger partial charge in [-0.1, -0.05) is 12.1 Å². The molecular formula is C9H11ClN6O. The molecule has 0 aliphatic carbocycles. The van der Waals surface area contributed by atoms with Crippen LogP contribution in [0.2, 0.25) is 5.28 Å². The summed E-state index contributed by atoms with van der Waals surface area (Å²) >= 11 is 5.81. The molecule has 2 aromatic heterocycles. The number of hydrogen-bond acceptors (Lipinski definition) is 6. The minimum atomic E-state index is 0.0855. The van der Waals surface area contributed by atoms with E-state index in [1.165, 1.54) is 0 Å². The molecule has 2 heterocycles. The van der Waals surface area contributed by atoms with Crippen LogP contribution in [0.25, 0.3) is 11.5 Å². The fourth-order valence-corrected chi connectivity index (χ4v) is 1.35. The molecule has 0 bridgehead atoms. The second-order valence-corrected chi connectivity index (χ2v) is 3.64. The molecule has 0 aromatic carbocycles. The Morgan fingerprint density at radius 1 is 1.35 bits per heavy atom. The van der Waals surface area contributed by atoms with Gasteiger partial charge in [-0.3, -0.25) is 0 Å². The van der Waals surface area contributed by atoms with Crippen LogP contribution in [0.15, 0.2) is 6.20 Å². The highest BCUT2D eigenvalue weighted by Gasteiger charge is 2.11. The average Bonchev–Trinajstić information content (AvgIpc) is 2.72. The van der Waals surface area contributed by atoms with Gasteiger partial charge in [-0.05, 0) is 18.0 Å². The van der Waals surface area contributed by atoms with Crippen molar-refractivity contribution in [2.75, 3.05) is 6.61 Å². The van der Waals surface area contributed by atoms with Gasteiger partial charge in [0.05, 0.1) is 12.8 Å².